The summed E-state index contributed by atoms with van der Waals surface area (Å²) in [6.07, 6.45) is 2.42. The molecule has 0 aliphatic rings. The number of nitrogens with one attached hydrogen (secondary N) is 3. The minimum Gasteiger partial charge on any atom is -0.468 e. The minimum atomic E-state index is -0.247. The molecule has 128 valence electrons. The lowest BCUT2D eigenvalue weighted by molar-refractivity contribution is -0.123. The van der Waals surface area contributed by atoms with Crippen LogP contribution in [-0.4, -0.2) is 24.9 Å². The molecule has 0 fully saturated rings. The van der Waals surface area contributed by atoms with Gasteiger partial charge in [-0.2, -0.15) is 0 Å². The number of para-hydroxylation sites is 1. The molecule has 2 amide bonds. The molecule has 0 bridgehead atoms. The molecular weight excluding hydrogens is 306 g/mol. The first-order valence-corrected chi connectivity index (χ1v) is 8.01. The average molecular weight is 329 g/mol. The topological polar surface area (TPSA) is 83.4 Å². The maximum absolute atomic E-state index is 11.9. The molecule has 0 radical (unpaired) electrons. The van der Waals surface area contributed by atoms with Crippen LogP contribution in [-0.2, 0) is 16.0 Å². The summed E-state index contributed by atoms with van der Waals surface area (Å²) in [6, 6.07) is 11.2. The Labute approximate surface area is 141 Å². The van der Waals surface area contributed by atoms with Gasteiger partial charge in [0.1, 0.15) is 5.76 Å². The molecule has 6 heteroatoms. The largest absolute Gasteiger partial charge is 0.468 e. The number of carbonyl (C=O) groups excluding carboxylic acids is 2. The van der Waals surface area contributed by atoms with Gasteiger partial charge in [0.05, 0.1) is 25.4 Å². The van der Waals surface area contributed by atoms with Crippen molar-refractivity contribution < 1.29 is 14.0 Å². The third kappa shape index (κ3) is 5.24. The number of hydrogen-bond acceptors (Lipinski definition) is 4. The predicted octanol–water partition coefficient (Wildman–Crippen LogP) is 2.25. The average Bonchev–Trinajstić information content (AvgIpc) is 3.13. The lowest BCUT2D eigenvalue weighted by Gasteiger charge is -2.12. The van der Waals surface area contributed by atoms with Crippen LogP contribution in [0.25, 0.3) is 0 Å². The Kier molecular flexibility index (Phi) is 6.57. The van der Waals surface area contributed by atoms with E-state index in [2.05, 4.69) is 16.0 Å². The van der Waals surface area contributed by atoms with Gasteiger partial charge in [0.15, 0.2) is 0 Å². The van der Waals surface area contributed by atoms with Gasteiger partial charge < -0.3 is 15.1 Å². The predicted molar refractivity (Wildman–Crippen MR) is 92.6 cm³/mol. The Morgan fingerprint density at radius 1 is 1.08 bits per heavy atom. The van der Waals surface area contributed by atoms with E-state index in [1.807, 2.05) is 44.2 Å². The van der Waals surface area contributed by atoms with Gasteiger partial charge in [-0.05, 0) is 37.1 Å². The minimum absolute atomic E-state index is 0.0618. The summed E-state index contributed by atoms with van der Waals surface area (Å²) in [7, 11) is 0. The number of furan rings is 1. The number of benzene rings is 1. The van der Waals surface area contributed by atoms with Crippen LogP contribution in [0.2, 0.25) is 0 Å². The van der Waals surface area contributed by atoms with Gasteiger partial charge >= 0.3 is 0 Å². The number of rotatable bonds is 8. The Hall–Kier alpha value is -2.60. The van der Waals surface area contributed by atoms with Crippen molar-refractivity contribution in [1.29, 1.82) is 0 Å². The van der Waals surface area contributed by atoms with E-state index in [1.165, 1.54) is 0 Å². The van der Waals surface area contributed by atoms with Crippen LogP contribution in [0.1, 0.15) is 31.2 Å². The fraction of sp³-hybridized carbons (Fsp3) is 0.333. The van der Waals surface area contributed by atoms with Crippen LogP contribution < -0.4 is 16.0 Å². The third-order valence-corrected chi connectivity index (χ3v) is 3.66. The zero-order chi connectivity index (χ0) is 17.4. The summed E-state index contributed by atoms with van der Waals surface area (Å²) in [5.74, 6) is 0.271. The van der Waals surface area contributed by atoms with Crippen molar-refractivity contribution in [3.05, 3.63) is 54.0 Å². The van der Waals surface area contributed by atoms with Crippen LogP contribution in [0.3, 0.4) is 0 Å². The fourth-order valence-corrected chi connectivity index (χ4v) is 2.27. The zero-order valence-electron chi connectivity index (χ0n) is 14.0. The molecule has 0 saturated carbocycles. The second-order valence-electron chi connectivity index (χ2n) is 5.45. The molecule has 24 heavy (non-hydrogen) atoms. The van der Waals surface area contributed by atoms with Crippen molar-refractivity contribution >= 4 is 17.5 Å². The van der Waals surface area contributed by atoms with E-state index in [1.54, 1.807) is 12.3 Å². The van der Waals surface area contributed by atoms with Crippen molar-refractivity contribution in [2.45, 2.75) is 26.3 Å². The second kappa shape index (κ2) is 8.88. The molecule has 0 aliphatic heterocycles. The van der Waals surface area contributed by atoms with Crippen molar-refractivity contribution in [1.82, 2.24) is 10.6 Å². The van der Waals surface area contributed by atoms with E-state index < -0.39 is 0 Å². The first-order chi connectivity index (χ1) is 11.6. The molecule has 1 aromatic heterocycles. The van der Waals surface area contributed by atoms with Crippen molar-refractivity contribution in [2.75, 3.05) is 18.4 Å². The summed E-state index contributed by atoms with van der Waals surface area (Å²) in [4.78, 5) is 23.8. The number of anilines is 1. The smallest absolute Gasteiger partial charge is 0.243 e. The zero-order valence-corrected chi connectivity index (χ0v) is 14.0. The highest BCUT2D eigenvalue weighted by Gasteiger charge is 2.11. The molecule has 6 nitrogen and oxygen atoms in total. The number of amides is 2. The SMILES string of the molecule is CCc1ccccc1NC(=O)CNC(=O)CN[C@@H](C)c1ccco1. The summed E-state index contributed by atoms with van der Waals surface area (Å²) >= 11 is 0. The van der Waals surface area contributed by atoms with E-state index in [9.17, 15) is 9.59 Å². The normalized spacial score (nSPS) is 11.8. The Balaban J connectivity index is 1.72. The van der Waals surface area contributed by atoms with Crippen molar-refractivity contribution in [3.63, 3.8) is 0 Å². The Morgan fingerprint density at radius 2 is 1.88 bits per heavy atom. The summed E-state index contributed by atoms with van der Waals surface area (Å²) in [6.45, 7) is 3.98. The van der Waals surface area contributed by atoms with Crippen molar-refractivity contribution in [3.8, 4) is 0 Å². The van der Waals surface area contributed by atoms with Gasteiger partial charge in [-0.3, -0.25) is 14.9 Å². The van der Waals surface area contributed by atoms with Gasteiger partial charge in [-0.15, -0.1) is 0 Å². The number of carbonyl (C=O) groups is 2. The second-order valence-corrected chi connectivity index (χ2v) is 5.45. The highest BCUT2D eigenvalue weighted by molar-refractivity contribution is 5.95. The summed E-state index contributed by atoms with van der Waals surface area (Å²) in [5, 5.41) is 8.45. The highest BCUT2D eigenvalue weighted by Crippen LogP contribution is 2.15. The molecule has 2 rings (SSSR count). The van der Waals surface area contributed by atoms with Crippen molar-refractivity contribution in [2.24, 2.45) is 0 Å². The number of aryl methyl sites for hydroxylation is 1. The summed E-state index contributed by atoms with van der Waals surface area (Å²) < 4.78 is 5.26. The molecule has 0 unspecified atom stereocenters. The monoisotopic (exact) mass is 329 g/mol. The van der Waals surface area contributed by atoms with E-state index >= 15 is 0 Å². The first-order valence-electron chi connectivity index (χ1n) is 8.01. The Morgan fingerprint density at radius 3 is 2.58 bits per heavy atom. The molecule has 0 spiro atoms. The van der Waals surface area contributed by atoms with E-state index in [0.29, 0.717) is 0 Å². The molecule has 1 aromatic carbocycles. The molecule has 0 aliphatic carbocycles. The van der Waals surface area contributed by atoms with Crippen LogP contribution in [0, 0.1) is 0 Å². The van der Waals surface area contributed by atoms with Gasteiger partial charge in [0.2, 0.25) is 11.8 Å². The van der Waals surface area contributed by atoms with Crippen LogP contribution in [0.5, 0.6) is 0 Å². The number of hydrogen-bond donors (Lipinski definition) is 3. The first kappa shape index (κ1) is 17.7. The van der Waals surface area contributed by atoms with Gasteiger partial charge in [-0.25, -0.2) is 0 Å². The van der Waals surface area contributed by atoms with E-state index in [0.717, 1.165) is 23.4 Å². The quantitative estimate of drug-likeness (QED) is 0.693. The van der Waals surface area contributed by atoms with Crippen LogP contribution in [0.15, 0.2) is 47.1 Å². The maximum Gasteiger partial charge on any atom is 0.243 e. The van der Waals surface area contributed by atoms with Crippen LogP contribution >= 0.6 is 0 Å². The van der Waals surface area contributed by atoms with Crippen LogP contribution in [0.4, 0.5) is 5.69 Å². The van der Waals surface area contributed by atoms with Gasteiger partial charge in [0, 0.05) is 5.69 Å². The molecule has 2 aromatic rings. The maximum atomic E-state index is 11.9. The lowest BCUT2D eigenvalue weighted by atomic mass is 10.1. The molecule has 1 atom stereocenters. The Bertz CT molecular complexity index is 668. The fourth-order valence-electron chi connectivity index (χ4n) is 2.27. The standard InChI is InChI=1S/C18H23N3O3/c1-3-14-7-4-5-8-15(14)21-18(23)12-20-17(22)11-19-13(2)16-9-6-10-24-16/h4-10,13,19H,3,11-12H2,1-2H3,(H,20,22)(H,21,23)/t13-/m0/s1. The van der Waals surface area contributed by atoms with Gasteiger partial charge in [-0.1, -0.05) is 25.1 Å². The highest BCUT2D eigenvalue weighted by atomic mass is 16.3. The molecule has 3 N–H and O–H groups in total. The van der Waals surface area contributed by atoms with E-state index in [-0.39, 0.29) is 30.9 Å². The molecule has 0 saturated heterocycles. The van der Waals surface area contributed by atoms with E-state index in [4.69, 9.17) is 4.42 Å². The lowest BCUT2D eigenvalue weighted by Crippen LogP contribution is -2.39. The molecule has 1 heterocycles. The third-order valence-electron chi connectivity index (χ3n) is 3.66. The van der Waals surface area contributed by atoms with Gasteiger partial charge in [0.25, 0.3) is 0 Å². The molecular formula is C18H23N3O3. The summed E-state index contributed by atoms with van der Waals surface area (Å²) in [5.41, 5.74) is 1.84.